The van der Waals surface area contributed by atoms with E-state index in [-0.39, 0.29) is 23.8 Å². The van der Waals surface area contributed by atoms with E-state index in [1.165, 1.54) is 4.90 Å². The molecular weight excluding hydrogens is 398 g/mol. The van der Waals surface area contributed by atoms with Crippen LogP contribution in [0.5, 0.6) is 0 Å². The molecule has 158 valence electrons. The maximum atomic E-state index is 13.2. The van der Waals surface area contributed by atoms with Gasteiger partial charge in [0.25, 0.3) is 0 Å². The van der Waals surface area contributed by atoms with E-state index >= 15 is 0 Å². The molecule has 0 radical (unpaired) electrons. The quantitative estimate of drug-likeness (QED) is 0.731. The van der Waals surface area contributed by atoms with Gasteiger partial charge in [0.05, 0.1) is 0 Å². The van der Waals surface area contributed by atoms with Crippen molar-refractivity contribution in [1.82, 2.24) is 4.90 Å². The highest BCUT2D eigenvalue weighted by Crippen LogP contribution is 2.45. The molecule has 0 aromatic heterocycles. The van der Waals surface area contributed by atoms with E-state index in [1.54, 1.807) is 11.8 Å². The fourth-order valence-corrected chi connectivity index (χ4v) is 6.32. The molecule has 2 atom stereocenters. The molecule has 2 aromatic carbocycles. The summed E-state index contributed by atoms with van der Waals surface area (Å²) in [6.07, 6.45) is -0.125. The van der Waals surface area contributed by atoms with Gasteiger partial charge in [-0.3, -0.25) is 4.90 Å². The van der Waals surface area contributed by atoms with Gasteiger partial charge in [-0.15, -0.1) is 0 Å². The first-order valence-corrected chi connectivity index (χ1v) is 11.4. The predicted octanol–water partition coefficient (Wildman–Crippen LogP) is 4.99. The van der Waals surface area contributed by atoms with Crippen molar-refractivity contribution in [3.8, 4) is 11.1 Å². The summed E-state index contributed by atoms with van der Waals surface area (Å²) in [5, 5.41) is 9.88. The number of hydrogen-bond donors (Lipinski definition) is 1. The average molecular weight is 426 g/mol. The summed E-state index contributed by atoms with van der Waals surface area (Å²) in [6.45, 7) is 5.77. The van der Waals surface area contributed by atoms with Crippen LogP contribution >= 0.6 is 11.8 Å². The SMILES string of the molecule is CC(C)N(C(=O)OCC1c2ccccc2-c2ccccc21)C1(C(=O)O)CCSC1C. The smallest absolute Gasteiger partial charge is 0.411 e. The lowest BCUT2D eigenvalue weighted by Gasteiger charge is -2.42. The number of fused-ring (bicyclic) bond motifs is 3. The monoisotopic (exact) mass is 425 g/mol. The zero-order chi connectivity index (χ0) is 21.5. The number of aliphatic carboxylic acids is 1. The fourth-order valence-electron chi connectivity index (χ4n) is 4.93. The third kappa shape index (κ3) is 3.18. The van der Waals surface area contributed by atoms with Gasteiger partial charge < -0.3 is 9.84 Å². The van der Waals surface area contributed by atoms with E-state index in [0.29, 0.717) is 12.2 Å². The van der Waals surface area contributed by atoms with E-state index in [2.05, 4.69) is 24.3 Å². The maximum absolute atomic E-state index is 13.2. The average Bonchev–Trinajstić information content (AvgIpc) is 3.25. The summed E-state index contributed by atoms with van der Waals surface area (Å²) >= 11 is 1.59. The van der Waals surface area contributed by atoms with Crippen molar-refractivity contribution in [2.75, 3.05) is 12.4 Å². The molecular formula is C24H27NO4S. The Balaban J connectivity index is 1.60. The number of rotatable bonds is 5. The van der Waals surface area contributed by atoms with Crippen LogP contribution in [0.2, 0.25) is 0 Å². The number of thioether (sulfide) groups is 1. The normalized spacial score (nSPS) is 22.6. The molecule has 2 unspecified atom stereocenters. The number of carboxylic acid groups (broad SMARTS) is 1. The summed E-state index contributed by atoms with van der Waals surface area (Å²) in [7, 11) is 0. The Morgan fingerprint density at radius 1 is 1.13 bits per heavy atom. The summed E-state index contributed by atoms with van der Waals surface area (Å²) < 4.78 is 5.81. The molecule has 2 aromatic rings. The molecule has 0 spiro atoms. The second-order valence-electron chi connectivity index (χ2n) is 8.26. The lowest BCUT2D eigenvalue weighted by Crippen LogP contribution is -2.62. The van der Waals surface area contributed by atoms with Gasteiger partial charge in [-0.25, -0.2) is 9.59 Å². The fraction of sp³-hybridized carbons (Fsp3) is 0.417. The molecule has 1 amide bonds. The van der Waals surface area contributed by atoms with Crippen LogP contribution in [0.1, 0.15) is 44.2 Å². The summed E-state index contributed by atoms with van der Waals surface area (Å²) in [5.74, 6) is -0.290. The van der Waals surface area contributed by atoms with Gasteiger partial charge in [-0.1, -0.05) is 55.5 Å². The standard InChI is InChI=1S/C24H27NO4S/c1-15(2)25(24(22(26)27)12-13-30-16(24)3)23(28)29-14-21-19-10-6-4-8-17(19)18-9-5-7-11-20(18)21/h4-11,15-16,21H,12-14H2,1-3H3,(H,26,27). The van der Waals surface area contributed by atoms with Crippen molar-refractivity contribution in [3.05, 3.63) is 59.7 Å². The number of hydrogen-bond acceptors (Lipinski definition) is 4. The number of amides is 1. The van der Waals surface area contributed by atoms with Gasteiger partial charge in [0.2, 0.25) is 0 Å². The maximum Gasteiger partial charge on any atom is 0.411 e. The van der Waals surface area contributed by atoms with Gasteiger partial charge in [-0.2, -0.15) is 11.8 Å². The van der Waals surface area contributed by atoms with Crippen LogP contribution < -0.4 is 0 Å². The number of ether oxygens (including phenoxy) is 1. The molecule has 30 heavy (non-hydrogen) atoms. The van der Waals surface area contributed by atoms with Crippen LogP contribution in [-0.2, 0) is 9.53 Å². The third-order valence-corrected chi connectivity index (χ3v) is 7.70. The Labute approximate surface area is 181 Å². The minimum absolute atomic E-state index is 0.0495. The minimum atomic E-state index is -1.23. The Morgan fingerprint density at radius 2 is 1.70 bits per heavy atom. The first kappa shape index (κ1) is 20.8. The van der Waals surface area contributed by atoms with E-state index < -0.39 is 17.6 Å². The van der Waals surface area contributed by atoms with E-state index in [4.69, 9.17) is 4.74 Å². The van der Waals surface area contributed by atoms with Gasteiger partial charge in [0.1, 0.15) is 6.61 Å². The highest BCUT2D eigenvalue weighted by Gasteiger charge is 2.55. The van der Waals surface area contributed by atoms with E-state index in [0.717, 1.165) is 22.3 Å². The van der Waals surface area contributed by atoms with Crippen LogP contribution in [0.25, 0.3) is 11.1 Å². The van der Waals surface area contributed by atoms with Crippen molar-refractivity contribution < 1.29 is 19.4 Å². The Kier molecular flexibility index (Phi) is 5.53. The van der Waals surface area contributed by atoms with Crippen LogP contribution in [-0.4, -0.2) is 51.3 Å². The number of benzene rings is 2. The molecule has 1 aliphatic carbocycles. The highest BCUT2D eigenvalue weighted by molar-refractivity contribution is 8.00. The van der Waals surface area contributed by atoms with Gasteiger partial charge in [-0.05, 0) is 48.3 Å². The lowest BCUT2D eigenvalue weighted by atomic mass is 9.89. The van der Waals surface area contributed by atoms with Crippen molar-refractivity contribution in [2.45, 2.75) is 49.9 Å². The first-order chi connectivity index (χ1) is 14.4. The molecule has 5 nitrogen and oxygen atoms in total. The molecule has 0 bridgehead atoms. The Morgan fingerprint density at radius 3 is 2.17 bits per heavy atom. The van der Waals surface area contributed by atoms with E-state index in [1.807, 2.05) is 45.0 Å². The summed E-state index contributed by atoms with van der Waals surface area (Å²) in [4.78, 5) is 27.0. The van der Waals surface area contributed by atoms with Crippen molar-refractivity contribution in [1.29, 1.82) is 0 Å². The predicted molar refractivity (Wildman–Crippen MR) is 119 cm³/mol. The van der Waals surface area contributed by atoms with Crippen LogP contribution in [0, 0.1) is 0 Å². The van der Waals surface area contributed by atoms with Crippen molar-refractivity contribution in [2.24, 2.45) is 0 Å². The highest BCUT2D eigenvalue weighted by atomic mass is 32.2. The molecule has 6 heteroatoms. The van der Waals surface area contributed by atoms with Gasteiger partial charge in [0, 0.05) is 17.2 Å². The second kappa shape index (κ2) is 7.99. The minimum Gasteiger partial charge on any atom is -0.479 e. The molecule has 1 N–H and O–H groups in total. The Bertz CT molecular complexity index is 930. The topological polar surface area (TPSA) is 66.8 Å². The molecule has 1 heterocycles. The van der Waals surface area contributed by atoms with Gasteiger partial charge >= 0.3 is 12.1 Å². The summed E-state index contributed by atoms with van der Waals surface area (Å²) in [6, 6.07) is 16.1. The number of carboxylic acids is 1. The lowest BCUT2D eigenvalue weighted by molar-refractivity contribution is -0.151. The molecule has 1 aliphatic heterocycles. The zero-order valence-electron chi connectivity index (χ0n) is 17.5. The summed E-state index contributed by atoms with van der Waals surface area (Å²) in [5.41, 5.74) is 3.37. The Hall–Kier alpha value is -2.47. The third-order valence-electron chi connectivity index (χ3n) is 6.37. The van der Waals surface area contributed by atoms with Crippen LogP contribution in [0.15, 0.2) is 48.5 Å². The molecule has 2 aliphatic rings. The van der Waals surface area contributed by atoms with Crippen molar-refractivity contribution in [3.63, 3.8) is 0 Å². The molecule has 4 rings (SSSR count). The molecule has 1 fully saturated rings. The van der Waals surface area contributed by atoms with Crippen molar-refractivity contribution >= 4 is 23.8 Å². The number of carbonyl (C=O) groups excluding carboxylic acids is 1. The molecule has 0 saturated carbocycles. The zero-order valence-corrected chi connectivity index (χ0v) is 18.3. The van der Waals surface area contributed by atoms with Gasteiger partial charge in [0.15, 0.2) is 5.54 Å². The van der Waals surface area contributed by atoms with Crippen LogP contribution in [0.3, 0.4) is 0 Å². The second-order valence-corrected chi connectivity index (χ2v) is 9.71. The number of carbonyl (C=O) groups is 2. The van der Waals surface area contributed by atoms with E-state index in [9.17, 15) is 14.7 Å². The first-order valence-electron chi connectivity index (χ1n) is 10.4. The largest absolute Gasteiger partial charge is 0.479 e. The molecule has 1 saturated heterocycles. The number of nitrogens with zero attached hydrogens (tertiary/aromatic N) is 1. The van der Waals surface area contributed by atoms with Crippen LogP contribution in [0.4, 0.5) is 4.79 Å².